The number of carbonyl (C=O) groups excluding carboxylic acids is 2. The third-order valence-corrected chi connectivity index (χ3v) is 3.37. The second-order valence-corrected chi connectivity index (χ2v) is 4.85. The van der Waals surface area contributed by atoms with Gasteiger partial charge in [0.2, 0.25) is 0 Å². The number of rotatable bonds is 5. The maximum absolute atomic E-state index is 11.9. The average molecular weight is 294 g/mol. The minimum Gasteiger partial charge on any atom is -0.488 e. The first kappa shape index (κ1) is 13.9. The van der Waals surface area contributed by atoms with Crippen LogP contribution in [0.15, 0.2) is 54.7 Å². The van der Waals surface area contributed by atoms with Crippen LogP contribution < -0.4 is 10.5 Å². The lowest BCUT2D eigenvalue weighted by Gasteiger charge is -2.08. The lowest BCUT2D eigenvalue weighted by molar-refractivity contribution is -0.114. The van der Waals surface area contributed by atoms with Crippen LogP contribution in [0.3, 0.4) is 0 Å². The highest BCUT2D eigenvalue weighted by atomic mass is 16.5. The molecule has 0 saturated heterocycles. The SMILES string of the molecule is NC(=O)C(=O)c1c[nH]c2cccc(OCc3ccccc3)c12. The predicted molar refractivity (Wildman–Crippen MR) is 82.6 cm³/mol. The zero-order valence-corrected chi connectivity index (χ0v) is 11.7. The molecule has 0 bridgehead atoms. The molecular formula is C17H14N2O3. The van der Waals surface area contributed by atoms with Crippen LogP contribution in [-0.4, -0.2) is 16.7 Å². The third kappa shape index (κ3) is 2.56. The van der Waals surface area contributed by atoms with Crippen LogP contribution in [0.25, 0.3) is 10.9 Å². The van der Waals surface area contributed by atoms with Gasteiger partial charge in [0.05, 0.1) is 10.9 Å². The van der Waals surface area contributed by atoms with Gasteiger partial charge in [0, 0.05) is 11.7 Å². The predicted octanol–water partition coefficient (Wildman–Crippen LogP) is 2.41. The molecular weight excluding hydrogens is 280 g/mol. The molecule has 0 spiro atoms. The Morgan fingerprint density at radius 2 is 1.82 bits per heavy atom. The molecule has 0 atom stereocenters. The van der Waals surface area contributed by atoms with Crippen molar-refractivity contribution in [3.05, 3.63) is 65.9 Å². The smallest absolute Gasteiger partial charge is 0.289 e. The summed E-state index contributed by atoms with van der Waals surface area (Å²) in [7, 11) is 0. The van der Waals surface area contributed by atoms with Gasteiger partial charge in [-0.2, -0.15) is 0 Å². The highest BCUT2D eigenvalue weighted by molar-refractivity contribution is 6.44. The van der Waals surface area contributed by atoms with Crippen molar-refractivity contribution in [1.82, 2.24) is 4.98 Å². The van der Waals surface area contributed by atoms with E-state index in [1.807, 2.05) is 42.5 Å². The maximum Gasteiger partial charge on any atom is 0.289 e. The van der Waals surface area contributed by atoms with E-state index in [0.717, 1.165) is 11.1 Å². The fourth-order valence-corrected chi connectivity index (χ4v) is 2.32. The molecule has 1 heterocycles. The Hall–Kier alpha value is -3.08. The summed E-state index contributed by atoms with van der Waals surface area (Å²) in [4.78, 5) is 26.0. The monoisotopic (exact) mass is 294 g/mol. The fourth-order valence-electron chi connectivity index (χ4n) is 2.32. The van der Waals surface area contributed by atoms with Gasteiger partial charge in [-0.1, -0.05) is 36.4 Å². The number of benzene rings is 2. The van der Waals surface area contributed by atoms with Gasteiger partial charge < -0.3 is 15.5 Å². The van der Waals surface area contributed by atoms with Gasteiger partial charge in [0.1, 0.15) is 12.4 Å². The number of hydrogen-bond acceptors (Lipinski definition) is 3. The normalized spacial score (nSPS) is 10.5. The summed E-state index contributed by atoms with van der Waals surface area (Å²) in [6.45, 7) is 0.370. The molecule has 0 saturated carbocycles. The molecule has 3 rings (SSSR count). The van der Waals surface area contributed by atoms with Gasteiger partial charge in [-0.3, -0.25) is 9.59 Å². The van der Waals surface area contributed by atoms with E-state index in [-0.39, 0.29) is 5.56 Å². The van der Waals surface area contributed by atoms with Gasteiger partial charge in [-0.05, 0) is 17.7 Å². The van der Waals surface area contributed by atoms with Gasteiger partial charge in [0.25, 0.3) is 11.7 Å². The van der Waals surface area contributed by atoms with Crippen molar-refractivity contribution < 1.29 is 14.3 Å². The molecule has 5 heteroatoms. The number of hydrogen-bond donors (Lipinski definition) is 2. The van der Waals surface area contributed by atoms with Crippen molar-refractivity contribution in [1.29, 1.82) is 0 Å². The summed E-state index contributed by atoms with van der Waals surface area (Å²) in [6, 6.07) is 15.1. The Bertz CT molecular complexity index is 837. The fraction of sp³-hybridized carbons (Fsp3) is 0.0588. The number of fused-ring (bicyclic) bond motifs is 1. The first-order chi connectivity index (χ1) is 10.7. The molecule has 0 fully saturated rings. The average Bonchev–Trinajstić information content (AvgIpc) is 2.97. The van der Waals surface area contributed by atoms with Crippen molar-refractivity contribution >= 4 is 22.6 Å². The molecule has 0 unspecified atom stereocenters. The number of ether oxygens (including phenoxy) is 1. The lowest BCUT2D eigenvalue weighted by Crippen LogP contribution is -2.22. The summed E-state index contributed by atoms with van der Waals surface area (Å²) in [6.07, 6.45) is 1.48. The molecule has 2 aromatic carbocycles. The van der Waals surface area contributed by atoms with Crippen molar-refractivity contribution in [2.75, 3.05) is 0 Å². The highest BCUT2D eigenvalue weighted by Gasteiger charge is 2.19. The Morgan fingerprint density at radius 1 is 1.05 bits per heavy atom. The zero-order valence-electron chi connectivity index (χ0n) is 11.7. The number of Topliss-reactive ketones (excluding diaryl/α,β-unsaturated/α-hetero) is 1. The van der Waals surface area contributed by atoms with E-state index < -0.39 is 11.7 Å². The molecule has 0 aliphatic heterocycles. The number of primary amides is 1. The summed E-state index contributed by atoms with van der Waals surface area (Å²) in [5.41, 5.74) is 7.05. The minimum atomic E-state index is -0.987. The standard InChI is InChI=1S/C17H14N2O3/c18-17(21)16(20)12-9-19-13-7-4-8-14(15(12)13)22-10-11-5-2-1-3-6-11/h1-9,19H,10H2,(H2,18,21). The molecule has 0 aliphatic rings. The van der Waals surface area contributed by atoms with Crippen LogP contribution in [0.4, 0.5) is 0 Å². The van der Waals surface area contributed by atoms with E-state index in [0.29, 0.717) is 17.7 Å². The molecule has 1 amide bonds. The summed E-state index contributed by atoms with van der Waals surface area (Å²) in [5.74, 6) is -1.19. The summed E-state index contributed by atoms with van der Waals surface area (Å²) < 4.78 is 5.81. The molecule has 110 valence electrons. The van der Waals surface area contributed by atoms with Crippen molar-refractivity contribution in [2.45, 2.75) is 6.61 Å². The van der Waals surface area contributed by atoms with Crippen molar-refractivity contribution in [3.63, 3.8) is 0 Å². The van der Waals surface area contributed by atoms with E-state index in [9.17, 15) is 9.59 Å². The van der Waals surface area contributed by atoms with Crippen LogP contribution in [0.5, 0.6) is 5.75 Å². The topological polar surface area (TPSA) is 85.2 Å². The van der Waals surface area contributed by atoms with Crippen LogP contribution in [-0.2, 0) is 11.4 Å². The third-order valence-electron chi connectivity index (χ3n) is 3.37. The van der Waals surface area contributed by atoms with Gasteiger partial charge >= 0.3 is 0 Å². The minimum absolute atomic E-state index is 0.228. The molecule has 1 aromatic heterocycles. The largest absolute Gasteiger partial charge is 0.488 e. The Labute approximate surface area is 126 Å². The molecule has 22 heavy (non-hydrogen) atoms. The first-order valence-electron chi connectivity index (χ1n) is 6.78. The van der Waals surface area contributed by atoms with Crippen molar-refractivity contribution in [2.24, 2.45) is 5.73 Å². The Morgan fingerprint density at radius 3 is 2.55 bits per heavy atom. The maximum atomic E-state index is 11.9. The van der Waals surface area contributed by atoms with Crippen LogP contribution >= 0.6 is 0 Å². The second kappa shape index (κ2) is 5.73. The van der Waals surface area contributed by atoms with E-state index in [1.54, 1.807) is 6.07 Å². The van der Waals surface area contributed by atoms with Gasteiger partial charge in [-0.25, -0.2) is 0 Å². The van der Waals surface area contributed by atoms with E-state index in [4.69, 9.17) is 10.5 Å². The quantitative estimate of drug-likeness (QED) is 0.559. The lowest BCUT2D eigenvalue weighted by atomic mass is 10.1. The summed E-state index contributed by atoms with van der Waals surface area (Å²) in [5, 5.41) is 0.572. The Balaban J connectivity index is 1.97. The second-order valence-electron chi connectivity index (χ2n) is 4.85. The zero-order chi connectivity index (χ0) is 15.5. The number of aromatic nitrogens is 1. The Kier molecular flexibility index (Phi) is 3.62. The van der Waals surface area contributed by atoms with E-state index >= 15 is 0 Å². The van der Waals surface area contributed by atoms with Crippen LogP contribution in [0.2, 0.25) is 0 Å². The summed E-state index contributed by atoms with van der Waals surface area (Å²) >= 11 is 0. The van der Waals surface area contributed by atoms with E-state index in [1.165, 1.54) is 6.20 Å². The van der Waals surface area contributed by atoms with Crippen LogP contribution in [0.1, 0.15) is 15.9 Å². The van der Waals surface area contributed by atoms with Crippen molar-refractivity contribution in [3.8, 4) is 5.75 Å². The number of nitrogens with two attached hydrogens (primary N) is 1. The highest BCUT2D eigenvalue weighted by Crippen LogP contribution is 2.29. The number of nitrogens with one attached hydrogen (secondary N) is 1. The number of ketones is 1. The van der Waals surface area contributed by atoms with Gasteiger partial charge in [0.15, 0.2) is 0 Å². The number of carbonyl (C=O) groups is 2. The molecule has 3 aromatic rings. The number of aromatic amines is 1. The molecule has 5 nitrogen and oxygen atoms in total. The molecule has 0 aliphatic carbocycles. The molecule has 0 radical (unpaired) electrons. The first-order valence-corrected chi connectivity index (χ1v) is 6.78. The van der Waals surface area contributed by atoms with E-state index in [2.05, 4.69) is 4.98 Å². The van der Waals surface area contributed by atoms with Crippen LogP contribution in [0, 0.1) is 0 Å². The van der Waals surface area contributed by atoms with Gasteiger partial charge in [-0.15, -0.1) is 0 Å². The number of H-pyrrole nitrogens is 1. The number of amides is 1. The molecule has 3 N–H and O–H groups in total.